The summed E-state index contributed by atoms with van der Waals surface area (Å²) in [7, 11) is -5.67. The molecule has 0 saturated carbocycles. The van der Waals surface area contributed by atoms with Crippen LogP contribution in [0.2, 0.25) is 0 Å². The van der Waals surface area contributed by atoms with Crippen molar-refractivity contribution in [2.45, 2.75) is 43.9 Å². The van der Waals surface area contributed by atoms with Crippen molar-refractivity contribution in [1.29, 1.82) is 0 Å². The number of aromatic nitrogens is 8. The van der Waals surface area contributed by atoms with Crippen molar-refractivity contribution in [1.82, 2.24) is 39.0 Å². The molecule has 2 saturated heterocycles. The Morgan fingerprint density at radius 1 is 0.875 bits per heavy atom. The Hall–Kier alpha value is -3.04. The third-order valence-electron chi connectivity index (χ3n) is 7.07. The van der Waals surface area contributed by atoms with Crippen LogP contribution in [0.25, 0.3) is 22.3 Å². The van der Waals surface area contributed by atoms with Gasteiger partial charge >= 0.3 is 8.25 Å². The molecule has 0 aromatic carbocycles. The second-order valence-electron chi connectivity index (χ2n) is 9.55. The van der Waals surface area contributed by atoms with Crippen LogP contribution in [0.1, 0.15) is 31.7 Å². The second-order valence-corrected chi connectivity index (χ2v) is 11.8. The number of nitrogens with two attached hydrogens (primary N) is 2. The normalized spacial score (nSPS) is 26.6. The first-order valence-corrected chi connectivity index (χ1v) is 15.3. The van der Waals surface area contributed by atoms with Gasteiger partial charge in [-0.1, -0.05) is 0 Å². The van der Waals surface area contributed by atoms with Gasteiger partial charge in [0.05, 0.1) is 38.1 Å². The van der Waals surface area contributed by atoms with Crippen LogP contribution in [-0.2, 0) is 27.7 Å². The Balaban J connectivity index is 1.07. The van der Waals surface area contributed by atoms with Crippen molar-refractivity contribution < 1.29 is 32.5 Å². The second kappa shape index (κ2) is 11.4. The number of rotatable bonds is 10. The SMILES string of the molecule is Nc1ncnc2c1ncn2[C@H]1CCC(CO[PH](=O)C[C@H]2C[C@H](n3cnc4c(N)ncnc43)OC2CO[PH](=O)O)O1. The van der Waals surface area contributed by atoms with Gasteiger partial charge in [-0.15, -0.1) is 0 Å². The monoisotopic (exact) mass is 594 g/mol. The van der Waals surface area contributed by atoms with E-state index in [4.69, 9.17) is 30.0 Å². The van der Waals surface area contributed by atoms with Gasteiger partial charge in [0.15, 0.2) is 31.0 Å². The van der Waals surface area contributed by atoms with Gasteiger partial charge in [0.2, 0.25) is 0 Å². The summed E-state index contributed by atoms with van der Waals surface area (Å²) in [6, 6.07) is 0. The van der Waals surface area contributed by atoms with Crippen LogP contribution >= 0.6 is 16.3 Å². The van der Waals surface area contributed by atoms with E-state index in [-0.39, 0.29) is 43.4 Å². The first kappa shape index (κ1) is 27.1. The summed E-state index contributed by atoms with van der Waals surface area (Å²) in [6.45, 7) is 0.0254. The smallest absolute Gasteiger partial charge is 0.316 e. The van der Waals surface area contributed by atoms with Crippen molar-refractivity contribution >= 4 is 50.2 Å². The molecule has 6 rings (SSSR count). The van der Waals surface area contributed by atoms with Crippen LogP contribution in [0.5, 0.6) is 0 Å². The lowest BCUT2D eigenvalue weighted by Gasteiger charge is -2.18. The minimum atomic E-state index is -3.17. The standard InChI is InChI=1S/C21H28N10O7P2/c22-18-16-20(26-7-24-18)30(9-28-16)14-2-1-12(37-14)4-35-39(32)6-11-3-15(38-13(11)5-36-40(33)34)31-10-29-17-19(23)25-8-27-21(17)31/h7-15,39-40H,1-6H2,(H,33,34)(H2,22,24,26)(H2,23,25,27)/t11-,12?,13?,14-,15-/m1/s1. The van der Waals surface area contributed by atoms with Gasteiger partial charge in [0.25, 0.3) is 0 Å². The lowest BCUT2D eigenvalue weighted by atomic mass is 10.0. The van der Waals surface area contributed by atoms with Crippen molar-refractivity contribution in [2.24, 2.45) is 5.92 Å². The largest absolute Gasteiger partial charge is 0.382 e. The summed E-state index contributed by atoms with van der Waals surface area (Å²) in [5.74, 6) is 0.270. The number of ether oxygens (including phenoxy) is 2. The molecule has 5 N–H and O–H groups in total. The summed E-state index contributed by atoms with van der Waals surface area (Å²) in [6.07, 6.45) is 6.26. The number of nitrogen functional groups attached to an aromatic ring is 2. The first-order valence-electron chi connectivity index (χ1n) is 12.6. The summed E-state index contributed by atoms with van der Waals surface area (Å²) >= 11 is 0. The Labute approximate surface area is 228 Å². The Kier molecular flexibility index (Phi) is 7.77. The lowest BCUT2D eigenvalue weighted by molar-refractivity contribution is -0.0234. The minimum absolute atomic E-state index is 0.130. The topological polar surface area (TPSA) is 231 Å². The molecule has 214 valence electrons. The number of fused-ring (bicyclic) bond motifs is 2. The number of anilines is 2. The summed E-state index contributed by atoms with van der Waals surface area (Å²) < 4.78 is 50.7. The van der Waals surface area contributed by atoms with Crippen LogP contribution < -0.4 is 11.5 Å². The summed E-state index contributed by atoms with van der Waals surface area (Å²) in [5.41, 5.74) is 13.8. The van der Waals surface area contributed by atoms with Crippen LogP contribution in [0.4, 0.5) is 11.6 Å². The maximum Gasteiger partial charge on any atom is 0.316 e. The highest BCUT2D eigenvalue weighted by atomic mass is 31.1. The highest BCUT2D eigenvalue weighted by Crippen LogP contribution is 2.42. The number of nitrogens with zero attached hydrogens (tertiary/aromatic N) is 8. The molecule has 0 bridgehead atoms. The van der Waals surface area contributed by atoms with E-state index in [1.165, 1.54) is 12.7 Å². The molecule has 6 heterocycles. The third kappa shape index (κ3) is 5.46. The van der Waals surface area contributed by atoms with E-state index in [9.17, 15) is 14.0 Å². The van der Waals surface area contributed by atoms with Crippen LogP contribution in [-0.4, -0.2) is 75.5 Å². The molecule has 0 aliphatic carbocycles. The van der Waals surface area contributed by atoms with E-state index >= 15 is 0 Å². The van der Waals surface area contributed by atoms with Gasteiger partial charge in [-0.3, -0.25) is 18.3 Å². The van der Waals surface area contributed by atoms with E-state index in [1.54, 1.807) is 17.2 Å². The molecule has 7 atom stereocenters. The number of hydrogen-bond acceptors (Lipinski definition) is 14. The van der Waals surface area contributed by atoms with Crippen LogP contribution in [0, 0.1) is 5.92 Å². The maximum atomic E-state index is 13.0. The lowest BCUT2D eigenvalue weighted by Crippen LogP contribution is -2.23. The number of imidazole rings is 2. The van der Waals surface area contributed by atoms with Gasteiger partial charge < -0.3 is 34.9 Å². The molecule has 4 aromatic rings. The Morgan fingerprint density at radius 2 is 1.52 bits per heavy atom. The van der Waals surface area contributed by atoms with E-state index in [1.807, 2.05) is 4.57 Å². The molecular formula is C21H28N10O7P2. The molecule has 17 nitrogen and oxygen atoms in total. The zero-order valence-corrected chi connectivity index (χ0v) is 23.1. The molecule has 40 heavy (non-hydrogen) atoms. The zero-order valence-electron chi connectivity index (χ0n) is 21.1. The molecule has 0 spiro atoms. The Morgan fingerprint density at radius 3 is 2.17 bits per heavy atom. The van der Waals surface area contributed by atoms with Crippen molar-refractivity contribution in [3.63, 3.8) is 0 Å². The predicted molar refractivity (Wildman–Crippen MR) is 142 cm³/mol. The quantitative estimate of drug-likeness (QED) is 0.220. The van der Waals surface area contributed by atoms with Crippen molar-refractivity contribution in [3.8, 4) is 0 Å². The molecule has 4 unspecified atom stereocenters. The predicted octanol–water partition coefficient (Wildman–Crippen LogP) is 1.30. The molecule has 0 radical (unpaired) electrons. The Bertz CT molecular complexity index is 1570. The molecule has 19 heteroatoms. The average molecular weight is 594 g/mol. The number of hydrogen-bond donors (Lipinski definition) is 3. The fourth-order valence-electron chi connectivity index (χ4n) is 5.14. The van der Waals surface area contributed by atoms with Gasteiger partial charge in [-0.2, -0.15) is 0 Å². The van der Waals surface area contributed by atoms with Crippen molar-refractivity contribution in [3.05, 3.63) is 25.3 Å². The molecule has 2 aliphatic rings. The van der Waals surface area contributed by atoms with Gasteiger partial charge in [-0.05, 0) is 19.3 Å². The van der Waals surface area contributed by atoms with Gasteiger partial charge in [-0.25, -0.2) is 29.9 Å². The van der Waals surface area contributed by atoms with E-state index in [2.05, 4.69) is 29.9 Å². The molecule has 2 fully saturated rings. The van der Waals surface area contributed by atoms with Crippen LogP contribution in [0.15, 0.2) is 25.3 Å². The summed E-state index contributed by atoms with van der Waals surface area (Å²) in [4.78, 5) is 34.1. The first-order chi connectivity index (χ1) is 19.4. The maximum absolute atomic E-state index is 13.0. The van der Waals surface area contributed by atoms with E-state index in [0.29, 0.717) is 47.4 Å². The minimum Gasteiger partial charge on any atom is -0.382 e. The zero-order chi connectivity index (χ0) is 27.8. The van der Waals surface area contributed by atoms with Gasteiger partial charge in [0, 0.05) is 12.1 Å². The third-order valence-corrected chi connectivity index (χ3v) is 8.83. The van der Waals surface area contributed by atoms with E-state index < -0.39 is 28.6 Å². The molecule has 4 aromatic heterocycles. The fourth-order valence-corrected chi connectivity index (χ4v) is 6.79. The van der Waals surface area contributed by atoms with Crippen molar-refractivity contribution in [2.75, 3.05) is 30.8 Å². The van der Waals surface area contributed by atoms with Crippen LogP contribution in [0.3, 0.4) is 0 Å². The van der Waals surface area contributed by atoms with Gasteiger partial charge in [0.1, 0.15) is 36.1 Å². The highest BCUT2D eigenvalue weighted by Gasteiger charge is 2.39. The molecule has 2 aliphatic heterocycles. The fraction of sp³-hybridized carbons (Fsp3) is 0.524. The summed E-state index contributed by atoms with van der Waals surface area (Å²) in [5, 5.41) is 0. The highest BCUT2D eigenvalue weighted by molar-refractivity contribution is 7.39. The van der Waals surface area contributed by atoms with E-state index in [0.717, 1.165) is 0 Å². The average Bonchev–Trinajstić information content (AvgIpc) is 3.72. The molecule has 0 amide bonds. The molecular weight excluding hydrogens is 566 g/mol.